The molecule has 3 aromatic carbocycles. The van der Waals surface area contributed by atoms with Crippen molar-refractivity contribution in [1.29, 1.82) is 0 Å². The first kappa shape index (κ1) is 23.5. The van der Waals surface area contributed by atoms with Crippen molar-refractivity contribution in [3.63, 3.8) is 0 Å². The molecule has 184 valence electrons. The molecule has 0 spiro atoms. The van der Waals surface area contributed by atoms with E-state index in [1.54, 1.807) is 47.0 Å². The van der Waals surface area contributed by atoms with Crippen molar-refractivity contribution in [3.8, 4) is 11.3 Å². The van der Waals surface area contributed by atoms with Crippen LogP contribution in [0.2, 0.25) is 0 Å². The van der Waals surface area contributed by atoms with Gasteiger partial charge in [0.2, 0.25) is 5.91 Å². The first-order chi connectivity index (χ1) is 16.9. The fourth-order valence-electron chi connectivity index (χ4n) is 4.41. The Bertz CT molecular complexity index is 1580. The molecule has 0 saturated carbocycles. The molecule has 2 aromatic heterocycles. The molecule has 4 nitrogen and oxygen atoms in total. The van der Waals surface area contributed by atoms with Gasteiger partial charge in [0.1, 0.15) is 5.76 Å². The van der Waals surface area contributed by atoms with Crippen LogP contribution in [0.25, 0.3) is 33.1 Å². The molecule has 0 radical (unpaired) electrons. The number of halogens is 6. The number of benzene rings is 3. The van der Waals surface area contributed by atoms with Crippen molar-refractivity contribution in [2.75, 3.05) is 0 Å². The lowest BCUT2D eigenvalue weighted by Gasteiger charge is -2.15. The molecular weight excluding hydrogens is 486 g/mol. The second kappa shape index (κ2) is 8.18. The van der Waals surface area contributed by atoms with Crippen LogP contribution in [-0.2, 0) is 18.9 Å². The number of primary amides is 1. The van der Waals surface area contributed by atoms with Gasteiger partial charge in [-0.2, -0.15) is 26.3 Å². The molecule has 1 amide bonds. The largest absolute Gasteiger partial charge is 0.464 e. The third-order valence-electron chi connectivity index (χ3n) is 5.95. The Morgan fingerprint density at radius 1 is 0.833 bits per heavy atom. The van der Waals surface area contributed by atoms with Gasteiger partial charge < -0.3 is 14.7 Å². The van der Waals surface area contributed by atoms with Crippen molar-refractivity contribution in [1.82, 2.24) is 4.57 Å². The number of carbonyl (C=O) groups excluding carboxylic acids is 1. The van der Waals surface area contributed by atoms with Crippen LogP contribution in [0.4, 0.5) is 26.3 Å². The molecule has 5 aromatic rings. The summed E-state index contributed by atoms with van der Waals surface area (Å²) < 4.78 is 87.6. The number of aromatic nitrogens is 1. The van der Waals surface area contributed by atoms with Crippen LogP contribution < -0.4 is 5.73 Å². The fraction of sp³-hybridized carbons (Fsp3) is 0.115. The average molecular weight is 502 g/mol. The molecule has 0 aliphatic heterocycles. The zero-order valence-corrected chi connectivity index (χ0v) is 18.2. The van der Waals surface area contributed by atoms with Gasteiger partial charge in [-0.25, -0.2) is 0 Å². The van der Waals surface area contributed by atoms with E-state index < -0.39 is 29.4 Å². The van der Waals surface area contributed by atoms with Crippen LogP contribution >= 0.6 is 0 Å². The van der Waals surface area contributed by atoms with Crippen LogP contribution in [0.3, 0.4) is 0 Å². The number of amides is 1. The zero-order chi connectivity index (χ0) is 25.8. The number of carbonyl (C=O) groups is 1. The van der Waals surface area contributed by atoms with Crippen LogP contribution in [0.15, 0.2) is 77.4 Å². The number of furan rings is 1. The molecule has 0 fully saturated rings. The standard InChI is InChI=1S/C26H16F6N2O2/c27-25(28,29)16-9-14(10-17(12-16)26(30,31)32)13-34-20-4-1-3-19(24(33)35)23(20)18-7-6-15(11-21(18)34)22-5-2-8-36-22/h1-12H,13H2,(H2,33,35). The molecule has 0 aliphatic carbocycles. The Hall–Kier alpha value is -4.21. The Morgan fingerprint density at radius 3 is 2.11 bits per heavy atom. The van der Waals surface area contributed by atoms with Gasteiger partial charge in [0, 0.05) is 28.4 Å². The monoisotopic (exact) mass is 502 g/mol. The molecule has 2 heterocycles. The summed E-state index contributed by atoms with van der Waals surface area (Å²) in [4.78, 5) is 12.1. The normalized spacial score (nSPS) is 12.5. The molecule has 5 rings (SSSR count). The van der Waals surface area contributed by atoms with Gasteiger partial charge in [-0.1, -0.05) is 18.2 Å². The number of rotatable bonds is 4. The van der Waals surface area contributed by atoms with Crippen LogP contribution in [-0.4, -0.2) is 10.5 Å². The molecule has 0 unspecified atom stereocenters. The van der Waals surface area contributed by atoms with Gasteiger partial charge >= 0.3 is 12.4 Å². The van der Waals surface area contributed by atoms with E-state index in [9.17, 15) is 31.1 Å². The lowest BCUT2D eigenvalue weighted by atomic mass is 10.0. The van der Waals surface area contributed by atoms with E-state index in [1.807, 2.05) is 0 Å². The minimum Gasteiger partial charge on any atom is -0.464 e. The highest BCUT2D eigenvalue weighted by molar-refractivity contribution is 6.18. The second-order valence-corrected chi connectivity index (χ2v) is 8.27. The van der Waals surface area contributed by atoms with Gasteiger partial charge in [0.25, 0.3) is 0 Å². The minimum atomic E-state index is -4.97. The summed E-state index contributed by atoms with van der Waals surface area (Å²) in [5.74, 6) is -0.199. The predicted octanol–water partition coefficient (Wildman–Crippen LogP) is 7.24. The molecule has 36 heavy (non-hydrogen) atoms. The van der Waals surface area contributed by atoms with E-state index >= 15 is 0 Å². The number of hydrogen-bond donors (Lipinski definition) is 1. The van der Waals surface area contributed by atoms with Crippen molar-refractivity contribution in [2.45, 2.75) is 18.9 Å². The van der Waals surface area contributed by atoms with E-state index in [0.717, 1.165) is 0 Å². The highest BCUT2D eigenvalue weighted by Crippen LogP contribution is 2.38. The van der Waals surface area contributed by atoms with Crippen LogP contribution in [0, 0.1) is 0 Å². The summed E-state index contributed by atoms with van der Waals surface area (Å²) in [5, 5.41) is 1.02. The lowest BCUT2D eigenvalue weighted by molar-refractivity contribution is -0.143. The van der Waals surface area contributed by atoms with Crippen molar-refractivity contribution in [3.05, 3.63) is 95.2 Å². The molecule has 0 saturated heterocycles. The quantitative estimate of drug-likeness (QED) is 0.264. The Labute approximate surface area is 199 Å². The fourth-order valence-corrected chi connectivity index (χ4v) is 4.41. The van der Waals surface area contributed by atoms with E-state index in [4.69, 9.17) is 10.2 Å². The van der Waals surface area contributed by atoms with Crippen molar-refractivity contribution < 1.29 is 35.6 Å². The number of nitrogens with two attached hydrogens (primary N) is 1. The number of nitrogens with zero attached hydrogens (tertiary/aromatic N) is 1. The number of hydrogen-bond acceptors (Lipinski definition) is 2. The van der Waals surface area contributed by atoms with Crippen LogP contribution in [0.5, 0.6) is 0 Å². The Kier molecular flexibility index (Phi) is 5.35. The lowest BCUT2D eigenvalue weighted by Crippen LogP contribution is -2.13. The first-order valence-electron chi connectivity index (χ1n) is 10.6. The second-order valence-electron chi connectivity index (χ2n) is 8.27. The van der Waals surface area contributed by atoms with Gasteiger partial charge in [-0.15, -0.1) is 0 Å². The molecule has 0 bridgehead atoms. The van der Waals surface area contributed by atoms with Gasteiger partial charge in [0.15, 0.2) is 0 Å². The Morgan fingerprint density at radius 2 is 1.53 bits per heavy atom. The summed E-state index contributed by atoms with van der Waals surface area (Å²) in [6.45, 7) is -0.323. The third-order valence-corrected chi connectivity index (χ3v) is 5.95. The maximum atomic E-state index is 13.4. The summed E-state index contributed by atoms with van der Waals surface area (Å²) in [5.41, 5.74) is 4.29. The average Bonchev–Trinajstić information content (AvgIpc) is 3.45. The summed E-state index contributed by atoms with van der Waals surface area (Å²) in [6.07, 6.45) is -8.47. The molecule has 2 N–H and O–H groups in total. The van der Waals surface area contributed by atoms with Crippen molar-refractivity contribution in [2.24, 2.45) is 5.73 Å². The molecule has 0 atom stereocenters. The van der Waals surface area contributed by atoms with Gasteiger partial charge in [-0.3, -0.25) is 4.79 Å². The maximum Gasteiger partial charge on any atom is 0.416 e. The first-order valence-corrected chi connectivity index (χ1v) is 10.6. The number of fused-ring (bicyclic) bond motifs is 3. The predicted molar refractivity (Wildman–Crippen MR) is 121 cm³/mol. The zero-order valence-electron chi connectivity index (χ0n) is 18.2. The third kappa shape index (κ3) is 4.08. The van der Waals surface area contributed by atoms with E-state index in [-0.39, 0.29) is 23.7 Å². The molecular formula is C26H16F6N2O2. The maximum absolute atomic E-state index is 13.4. The summed E-state index contributed by atoms with van der Waals surface area (Å²) >= 11 is 0. The van der Waals surface area contributed by atoms with Gasteiger partial charge in [0.05, 0.1) is 28.4 Å². The smallest absolute Gasteiger partial charge is 0.416 e. The minimum absolute atomic E-state index is 0.0928. The topological polar surface area (TPSA) is 61.2 Å². The summed E-state index contributed by atoms with van der Waals surface area (Å²) in [6, 6.07) is 14.7. The van der Waals surface area contributed by atoms with E-state index in [2.05, 4.69) is 0 Å². The van der Waals surface area contributed by atoms with E-state index in [0.29, 0.717) is 45.3 Å². The molecule has 10 heteroatoms. The van der Waals surface area contributed by atoms with Crippen LogP contribution in [0.1, 0.15) is 27.0 Å². The SMILES string of the molecule is NC(=O)c1cccc2c1c1ccc(-c3ccco3)cc1n2Cc1cc(C(F)(F)F)cc(C(F)(F)F)c1. The Balaban J connectivity index is 1.79. The number of alkyl halides is 6. The highest BCUT2D eigenvalue weighted by atomic mass is 19.4. The summed E-state index contributed by atoms with van der Waals surface area (Å²) in [7, 11) is 0. The van der Waals surface area contributed by atoms with E-state index in [1.165, 1.54) is 12.3 Å². The van der Waals surface area contributed by atoms with Gasteiger partial charge in [-0.05, 0) is 54.1 Å². The highest BCUT2D eigenvalue weighted by Gasteiger charge is 2.37. The molecule has 0 aliphatic rings. The van der Waals surface area contributed by atoms with Crippen molar-refractivity contribution >= 4 is 27.7 Å².